The fourth-order valence-corrected chi connectivity index (χ4v) is 1.95. The van der Waals surface area contributed by atoms with Crippen molar-refractivity contribution in [3.63, 3.8) is 0 Å². The number of para-hydroxylation sites is 2. The number of anilines is 2. The molecule has 0 atom stereocenters. The van der Waals surface area contributed by atoms with Crippen LogP contribution in [0.25, 0.3) is 0 Å². The van der Waals surface area contributed by atoms with Gasteiger partial charge in [-0.1, -0.05) is 19.1 Å². The molecule has 0 bridgehead atoms. The number of imidazole rings is 1. The fraction of sp³-hybridized carbons (Fsp3) is 0.286. The van der Waals surface area contributed by atoms with Crippen LogP contribution in [0.2, 0.25) is 0 Å². The topological polar surface area (TPSA) is 64.2 Å². The summed E-state index contributed by atoms with van der Waals surface area (Å²) in [4.78, 5) is 18.3. The molecule has 1 aromatic heterocycles. The first-order valence-corrected chi connectivity index (χ1v) is 6.27. The molecule has 5 heteroatoms. The van der Waals surface area contributed by atoms with Crippen LogP contribution >= 0.6 is 0 Å². The fourth-order valence-electron chi connectivity index (χ4n) is 1.95. The van der Waals surface area contributed by atoms with Crippen molar-refractivity contribution < 1.29 is 4.79 Å². The molecular formula is C14H18N4O. The Bertz CT molecular complexity index is 576. The minimum absolute atomic E-state index is 0.125. The molecule has 100 valence electrons. The second kappa shape index (κ2) is 5.56. The molecule has 2 N–H and O–H groups in total. The molecule has 0 spiro atoms. The van der Waals surface area contributed by atoms with E-state index in [0.717, 1.165) is 12.1 Å². The lowest BCUT2D eigenvalue weighted by atomic mass is 10.2. The van der Waals surface area contributed by atoms with Crippen molar-refractivity contribution in [3.8, 4) is 0 Å². The Balaban J connectivity index is 2.35. The Morgan fingerprint density at radius 3 is 2.74 bits per heavy atom. The molecule has 1 amide bonds. The molecular weight excluding hydrogens is 240 g/mol. The van der Waals surface area contributed by atoms with E-state index in [0.29, 0.717) is 17.9 Å². The van der Waals surface area contributed by atoms with Gasteiger partial charge >= 0.3 is 0 Å². The van der Waals surface area contributed by atoms with Gasteiger partial charge in [0.15, 0.2) is 0 Å². The molecule has 1 aromatic carbocycles. The van der Waals surface area contributed by atoms with E-state index < -0.39 is 0 Å². The highest BCUT2D eigenvalue weighted by Gasteiger charge is 2.20. The summed E-state index contributed by atoms with van der Waals surface area (Å²) < 4.78 is 1.76. The van der Waals surface area contributed by atoms with Gasteiger partial charge < -0.3 is 15.2 Å². The lowest BCUT2D eigenvalue weighted by molar-refractivity contribution is 0.0982. The first-order chi connectivity index (χ1) is 9.13. The van der Waals surface area contributed by atoms with Crippen molar-refractivity contribution in [2.75, 3.05) is 17.2 Å². The highest BCUT2D eigenvalue weighted by atomic mass is 16.2. The van der Waals surface area contributed by atoms with Crippen LogP contribution in [0.15, 0.2) is 36.8 Å². The zero-order valence-corrected chi connectivity index (χ0v) is 11.2. The van der Waals surface area contributed by atoms with E-state index in [1.54, 1.807) is 28.1 Å². The smallest absolute Gasteiger partial charge is 0.278 e. The van der Waals surface area contributed by atoms with Crippen LogP contribution in [0, 0.1) is 0 Å². The normalized spacial score (nSPS) is 10.4. The third-order valence-corrected chi connectivity index (χ3v) is 2.84. The highest BCUT2D eigenvalue weighted by molar-refractivity contribution is 6.06. The van der Waals surface area contributed by atoms with Crippen LogP contribution in [0.3, 0.4) is 0 Å². The second-order valence-corrected chi connectivity index (χ2v) is 4.44. The van der Waals surface area contributed by atoms with Gasteiger partial charge in [-0.25, -0.2) is 4.98 Å². The van der Waals surface area contributed by atoms with E-state index in [4.69, 9.17) is 5.73 Å². The number of rotatable bonds is 4. The number of nitrogen functional groups attached to an aromatic ring is 1. The summed E-state index contributed by atoms with van der Waals surface area (Å²) in [6, 6.07) is 7.38. The Labute approximate surface area is 112 Å². The van der Waals surface area contributed by atoms with Crippen molar-refractivity contribution >= 4 is 17.3 Å². The van der Waals surface area contributed by atoms with Gasteiger partial charge in [-0.3, -0.25) is 4.79 Å². The van der Waals surface area contributed by atoms with Crippen LogP contribution in [0.4, 0.5) is 11.4 Å². The molecule has 0 aliphatic carbocycles. The largest absolute Gasteiger partial charge is 0.397 e. The van der Waals surface area contributed by atoms with Crippen molar-refractivity contribution in [1.82, 2.24) is 9.55 Å². The lowest BCUT2D eigenvalue weighted by Crippen LogP contribution is -2.32. The molecule has 0 aliphatic heterocycles. The number of aryl methyl sites for hydroxylation is 1. The summed E-state index contributed by atoms with van der Waals surface area (Å²) in [5, 5.41) is 0. The van der Waals surface area contributed by atoms with E-state index in [1.807, 2.05) is 32.2 Å². The predicted molar refractivity (Wildman–Crippen MR) is 76.0 cm³/mol. The molecule has 5 nitrogen and oxygen atoms in total. The van der Waals surface area contributed by atoms with Crippen molar-refractivity contribution in [3.05, 3.63) is 42.5 Å². The van der Waals surface area contributed by atoms with Gasteiger partial charge in [-0.15, -0.1) is 0 Å². The maximum absolute atomic E-state index is 12.5. The summed E-state index contributed by atoms with van der Waals surface area (Å²) in [5.41, 5.74) is 7.72. The van der Waals surface area contributed by atoms with E-state index in [2.05, 4.69) is 4.98 Å². The number of hydrogen-bond acceptors (Lipinski definition) is 3. The third kappa shape index (κ3) is 2.76. The monoisotopic (exact) mass is 258 g/mol. The molecule has 1 heterocycles. The zero-order valence-electron chi connectivity index (χ0n) is 11.2. The Morgan fingerprint density at radius 2 is 2.16 bits per heavy atom. The van der Waals surface area contributed by atoms with E-state index in [-0.39, 0.29) is 5.91 Å². The number of benzene rings is 1. The SMILES string of the molecule is CCCN(C(=O)c1cn(C)cn1)c1ccccc1N. The molecule has 2 aromatic rings. The molecule has 0 aliphatic rings. The molecule has 0 saturated carbocycles. The zero-order chi connectivity index (χ0) is 13.8. The molecule has 0 radical (unpaired) electrons. The van der Waals surface area contributed by atoms with Gasteiger partial charge in [0.2, 0.25) is 0 Å². The number of amides is 1. The molecule has 0 saturated heterocycles. The van der Waals surface area contributed by atoms with Crippen LogP contribution in [-0.2, 0) is 7.05 Å². The Hall–Kier alpha value is -2.30. The standard InChI is InChI=1S/C14H18N4O/c1-3-8-18(13-7-5-4-6-11(13)15)14(19)12-9-17(2)10-16-12/h4-7,9-10H,3,8,15H2,1-2H3. The second-order valence-electron chi connectivity index (χ2n) is 4.44. The maximum atomic E-state index is 12.5. The first kappa shape index (κ1) is 13.1. The average Bonchev–Trinajstić information content (AvgIpc) is 2.83. The number of hydrogen-bond donors (Lipinski definition) is 1. The Morgan fingerprint density at radius 1 is 1.42 bits per heavy atom. The summed E-state index contributed by atoms with van der Waals surface area (Å²) in [7, 11) is 1.84. The first-order valence-electron chi connectivity index (χ1n) is 6.27. The highest BCUT2D eigenvalue weighted by Crippen LogP contribution is 2.24. The molecule has 0 unspecified atom stereocenters. The number of nitrogens with two attached hydrogens (primary N) is 1. The van der Waals surface area contributed by atoms with E-state index in [1.165, 1.54) is 0 Å². The molecule has 2 rings (SSSR count). The van der Waals surface area contributed by atoms with Crippen LogP contribution in [-0.4, -0.2) is 22.0 Å². The lowest BCUT2D eigenvalue weighted by Gasteiger charge is -2.22. The summed E-state index contributed by atoms with van der Waals surface area (Å²) in [6.45, 7) is 2.64. The molecule has 0 fully saturated rings. The quantitative estimate of drug-likeness (QED) is 0.854. The molecule has 19 heavy (non-hydrogen) atoms. The van der Waals surface area contributed by atoms with Gasteiger partial charge in [-0.05, 0) is 18.6 Å². The summed E-state index contributed by atoms with van der Waals surface area (Å²) in [6.07, 6.45) is 4.18. The van der Waals surface area contributed by atoms with Crippen LogP contribution in [0.1, 0.15) is 23.8 Å². The minimum Gasteiger partial charge on any atom is -0.397 e. The van der Waals surface area contributed by atoms with Crippen LogP contribution < -0.4 is 10.6 Å². The van der Waals surface area contributed by atoms with Gasteiger partial charge in [0.1, 0.15) is 5.69 Å². The van der Waals surface area contributed by atoms with Crippen molar-refractivity contribution in [2.45, 2.75) is 13.3 Å². The van der Waals surface area contributed by atoms with Gasteiger partial charge in [0.25, 0.3) is 5.91 Å². The predicted octanol–water partition coefficient (Wildman–Crippen LogP) is 2.06. The van der Waals surface area contributed by atoms with Crippen molar-refractivity contribution in [1.29, 1.82) is 0 Å². The van der Waals surface area contributed by atoms with E-state index in [9.17, 15) is 4.79 Å². The maximum Gasteiger partial charge on any atom is 0.278 e. The number of carbonyl (C=O) groups excluding carboxylic acids is 1. The van der Waals surface area contributed by atoms with Crippen molar-refractivity contribution in [2.24, 2.45) is 7.05 Å². The number of nitrogens with zero attached hydrogens (tertiary/aromatic N) is 3. The summed E-state index contributed by atoms with van der Waals surface area (Å²) >= 11 is 0. The Kier molecular flexibility index (Phi) is 3.85. The average molecular weight is 258 g/mol. The van der Waals surface area contributed by atoms with Crippen LogP contribution in [0.5, 0.6) is 0 Å². The summed E-state index contributed by atoms with van der Waals surface area (Å²) in [5.74, 6) is -0.125. The number of carbonyl (C=O) groups is 1. The van der Waals surface area contributed by atoms with E-state index >= 15 is 0 Å². The van der Waals surface area contributed by atoms with Gasteiger partial charge in [0.05, 0.1) is 17.7 Å². The number of aromatic nitrogens is 2. The minimum atomic E-state index is -0.125. The van der Waals surface area contributed by atoms with Gasteiger partial charge in [-0.2, -0.15) is 0 Å². The van der Waals surface area contributed by atoms with Gasteiger partial charge in [0, 0.05) is 19.8 Å². The third-order valence-electron chi connectivity index (χ3n) is 2.84.